The van der Waals surface area contributed by atoms with Gasteiger partial charge in [-0.1, -0.05) is 20.8 Å². The van der Waals surface area contributed by atoms with E-state index in [-0.39, 0.29) is 11.9 Å². The molecule has 4 nitrogen and oxygen atoms in total. The molecule has 2 unspecified atom stereocenters. The molecular formula is C15H27N3O. The van der Waals surface area contributed by atoms with Gasteiger partial charge in [-0.2, -0.15) is 0 Å². The zero-order valence-electron chi connectivity index (χ0n) is 12.7. The van der Waals surface area contributed by atoms with Crippen molar-refractivity contribution in [2.75, 3.05) is 7.05 Å². The van der Waals surface area contributed by atoms with E-state index >= 15 is 0 Å². The molecule has 1 amide bonds. The van der Waals surface area contributed by atoms with Crippen molar-refractivity contribution in [3.8, 4) is 0 Å². The van der Waals surface area contributed by atoms with E-state index < -0.39 is 0 Å². The second-order valence-corrected chi connectivity index (χ2v) is 5.47. The van der Waals surface area contributed by atoms with Gasteiger partial charge in [0.1, 0.15) is 6.54 Å². The monoisotopic (exact) mass is 265 g/mol. The van der Waals surface area contributed by atoms with Gasteiger partial charge in [-0.15, -0.1) is 0 Å². The topological polar surface area (TPSA) is 46.1 Å². The molecule has 0 aliphatic rings. The third kappa shape index (κ3) is 4.71. The van der Waals surface area contributed by atoms with E-state index in [4.69, 9.17) is 0 Å². The summed E-state index contributed by atoms with van der Waals surface area (Å²) in [6.45, 7) is 8.79. The Morgan fingerprint density at radius 2 is 2.05 bits per heavy atom. The zero-order chi connectivity index (χ0) is 14.4. The number of aromatic nitrogens is 1. The number of hydrogen-bond acceptors (Lipinski definition) is 2. The van der Waals surface area contributed by atoms with Crippen molar-refractivity contribution in [3.63, 3.8) is 0 Å². The molecule has 19 heavy (non-hydrogen) atoms. The summed E-state index contributed by atoms with van der Waals surface area (Å²) in [5.41, 5.74) is 1.23. The molecule has 0 bridgehead atoms. The fraction of sp³-hybridized carbons (Fsp3) is 0.667. The number of rotatable bonds is 7. The van der Waals surface area contributed by atoms with Crippen molar-refractivity contribution >= 4 is 5.91 Å². The van der Waals surface area contributed by atoms with Crippen molar-refractivity contribution < 1.29 is 4.79 Å². The molecule has 0 aliphatic carbocycles. The van der Waals surface area contributed by atoms with E-state index in [9.17, 15) is 4.79 Å². The van der Waals surface area contributed by atoms with E-state index in [1.165, 1.54) is 5.56 Å². The molecule has 1 rings (SSSR count). The quantitative estimate of drug-likeness (QED) is 0.795. The predicted octanol–water partition coefficient (Wildman–Crippen LogP) is 2.32. The smallest absolute Gasteiger partial charge is 0.240 e. The average molecular weight is 265 g/mol. The summed E-state index contributed by atoms with van der Waals surface area (Å²) in [5, 5.41) is 6.29. The van der Waals surface area contributed by atoms with Crippen LogP contribution in [0.3, 0.4) is 0 Å². The molecule has 0 aromatic carbocycles. The Labute approximate surface area is 116 Å². The van der Waals surface area contributed by atoms with Crippen LogP contribution in [0.25, 0.3) is 0 Å². The maximum atomic E-state index is 11.9. The van der Waals surface area contributed by atoms with Gasteiger partial charge in [0.15, 0.2) is 0 Å². The minimum absolute atomic E-state index is 0.0702. The largest absolute Gasteiger partial charge is 0.352 e. The highest BCUT2D eigenvalue weighted by atomic mass is 16.2. The minimum atomic E-state index is 0.0702. The van der Waals surface area contributed by atoms with Crippen LogP contribution in [-0.4, -0.2) is 23.6 Å². The summed E-state index contributed by atoms with van der Waals surface area (Å²) in [7, 11) is 1.96. The molecule has 108 valence electrons. The van der Waals surface area contributed by atoms with Crippen LogP contribution in [0.15, 0.2) is 18.5 Å². The van der Waals surface area contributed by atoms with E-state index in [1.54, 1.807) is 0 Å². The summed E-state index contributed by atoms with van der Waals surface area (Å²) in [6.07, 6.45) is 5.05. The van der Waals surface area contributed by atoms with Crippen LogP contribution in [0.4, 0.5) is 0 Å². The van der Waals surface area contributed by atoms with Crippen LogP contribution >= 0.6 is 0 Å². The Balaban J connectivity index is 2.56. The van der Waals surface area contributed by atoms with Crippen molar-refractivity contribution in [1.29, 1.82) is 0 Å². The first-order valence-electron chi connectivity index (χ1n) is 7.10. The summed E-state index contributed by atoms with van der Waals surface area (Å²) in [5.74, 6) is 0.527. The lowest BCUT2D eigenvalue weighted by Gasteiger charge is -2.17. The van der Waals surface area contributed by atoms with Crippen molar-refractivity contribution in [2.45, 2.75) is 52.7 Å². The first-order chi connectivity index (χ1) is 8.97. The van der Waals surface area contributed by atoms with E-state index in [0.29, 0.717) is 18.5 Å². The molecule has 1 aromatic heterocycles. The molecule has 2 N–H and O–H groups in total. The molecule has 2 atom stereocenters. The van der Waals surface area contributed by atoms with Gasteiger partial charge in [0.2, 0.25) is 5.91 Å². The molecule has 0 saturated heterocycles. The van der Waals surface area contributed by atoms with E-state index in [1.807, 2.05) is 30.9 Å². The lowest BCUT2D eigenvalue weighted by atomic mass is 10.1. The van der Waals surface area contributed by atoms with Gasteiger partial charge in [0, 0.05) is 24.5 Å². The third-order valence-corrected chi connectivity index (χ3v) is 3.65. The van der Waals surface area contributed by atoms with Crippen molar-refractivity contribution in [1.82, 2.24) is 15.2 Å². The summed E-state index contributed by atoms with van der Waals surface area (Å²) < 4.78 is 1.94. The van der Waals surface area contributed by atoms with Crippen LogP contribution in [0.1, 0.15) is 45.7 Å². The number of hydrogen-bond donors (Lipinski definition) is 2. The molecule has 4 heteroatoms. The lowest BCUT2D eigenvalue weighted by molar-refractivity contribution is -0.122. The van der Waals surface area contributed by atoms with Gasteiger partial charge in [0.25, 0.3) is 0 Å². The van der Waals surface area contributed by atoms with Gasteiger partial charge in [0.05, 0.1) is 0 Å². The van der Waals surface area contributed by atoms with Crippen LogP contribution in [0, 0.1) is 5.92 Å². The van der Waals surface area contributed by atoms with Crippen LogP contribution in [0.2, 0.25) is 0 Å². The minimum Gasteiger partial charge on any atom is -0.352 e. The molecule has 0 fully saturated rings. The average Bonchev–Trinajstić information content (AvgIpc) is 2.78. The van der Waals surface area contributed by atoms with E-state index in [2.05, 4.69) is 37.5 Å². The number of nitrogens with zero attached hydrogens (tertiary/aromatic N) is 1. The number of carbonyl (C=O) groups excluding carboxylic acids is 1. The Morgan fingerprint density at radius 3 is 2.58 bits per heavy atom. The molecular weight excluding hydrogens is 238 g/mol. The van der Waals surface area contributed by atoms with Gasteiger partial charge < -0.3 is 15.2 Å². The first kappa shape index (κ1) is 15.8. The molecule has 0 radical (unpaired) electrons. The van der Waals surface area contributed by atoms with Crippen molar-refractivity contribution in [3.05, 3.63) is 24.0 Å². The Morgan fingerprint density at radius 1 is 1.37 bits per heavy atom. The van der Waals surface area contributed by atoms with Crippen LogP contribution in [0.5, 0.6) is 0 Å². The molecule has 0 spiro atoms. The Hall–Kier alpha value is -1.29. The Bertz CT molecular complexity index is 394. The van der Waals surface area contributed by atoms with Crippen molar-refractivity contribution in [2.24, 2.45) is 5.92 Å². The number of nitrogens with one attached hydrogen (secondary N) is 2. The van der Waals surface area contributed by atoms with Crippen LogP contribution < -0.4 is 10.6 Å². The molecule has 1 heterocycles. The SMILES string of the molecule is CCC(NC)c1ccn(CC(=O)NC(C)C(C)C)c1. The van der Waals surface area contributed by atoms with Gasteiger partial charge >= 0.3 is 0 Å². The van der Waals surface area contributed by atoms with Gasteiger partial charge in [-0.25, -0.2) is 0 Å². The lowest BCUT2D eigenvalue weighted by Crippen LogP contribution is -2.37. The maximum Gasteiger partial charge on any atom is 0.240 e. The number of carbonyl (C=O) groups is 1. The standard InChI is InChI=1S/C15H27N3O/c1-6-14(16-5)13-7-8-18(9-13)10-15(19)17-12(4)11(2)3/h7-9,11-12,14,16H,6,10H2,1-5H3,(H,17,19). The second-order valence-electron chi connectivity index (χ2n) is 5.47. The van der Waals surface area contributed by atoms with Gasteiger partial charge in [-0.3, -0.25) is 4.79 Å². The Kier molecular flexibility index (Phi) is 6.09. The highest BCUT2D eigenvalue weighted by Gasteiger charge is 2.12. The van der Waals surface area contributed by atoms with Crippen LogP contribution in [-0.2, 0) is 11.3 Å². The highest BCUT2D eigenvalue weighted by molar-refractivity contribution is 5.76. The highest BCUT2D eigenvalue weighted by Crippen LogP contribution is 2.16. The fourth-order valence-corrected chi connectivity index (χ4v) is 2.00. The summed E-state index contributed by atoms with van der Waals surface area (Å²) >= 11 is 0. The third-order valence-electron chi connectivity index (χ3n) is 3.65. The second kappa shape index (κ2) is 7.34. The molecule has 0 saturated carbocycles. The maximum absolute atomic E-state index is 11.9. The predicted molar refractivity (Wildman–Crippen MR) is 79.0 cm³/mol. The normalized spacial score (nSPS) is 14.4. The fourth-order valence-electron chi connectivity index (χ4n) is 2.00. The molecule has 1 aromatic rings. The first-order valence-corrected chi connectivity index (χ1v) is 7.10. The zero-order valence-corrected chi connectivity index (χ0v) is 12.7. The van der Waals surface area contributed by atoms with E-state index in [0.717, 1.165) is 6.42 Å². The number of amides is 1. The van der Waals surface area contributed by atoms with Gasteiger partial charge in [-0.05, 0) is 37.9 Å². The molecule has 0 aliphatic heterocycles. The summed E-state index contributed by atoms with van der Waals surface area (Å²) in [6, 6.07) is 2.64. The summed E-state index contributed by atoms with van der Waals surface area (Å²) in [4.78, 5) is 11.9.